The third kappa shape index (κ3) is 5.18. The average Bonchev–Trinajstić information content (AvgIpc) is 3.02. The number of nitrogens with one attached hydrogen (secondary N) is 2. The molecule has 2 aromatic rings. The van der Waals surface area contributed by atoms with E-state index in [4.69, 9.17) is 4.74 Å². The van der Waals surface area contributed by atoms with E-state index in [-0.39, 0.29) is 12.1 Å². The van der Waals surface area contributed by atoms with Crippen LogP contribution in [0.5, 0.6) is 0 Å². The van der Waals surface area contributed by atoms with Gasteiger partial charge in [-0.2, -0.15) is 13.2 Å². The first-order valence-electron chi connectivity index (χ1n) is 8.16. The molecule has 26 heavy (non-hydrogen) atoms. The minimum Gasteiger partial charge on any atom is -0.381 e. The van der Waals surface area contributed by atoms with E-state index in [9.17, 15) is 18.0 Å². The van der Waals surface area contributed by atoms with E-state index in [0.717, 1.165) is 29.9 Å². The molecule has 1 aliphatic heterocycles. The van der Waals surface area contributed by atoms with Crippen LogP contribution in [0, 0.1) is 0 Å². The van der Waals surface area contributed by atoms with Crippen molar-refractivity contribution in [2.75, 3.05) is 18.5 Å². The predicted molar refractivity (Wildman–Crippen MR) is 92.4 cm³/mol. The van der Waals surface area contributed by atoms with Crippen molar-refractivity contribution in [2.24, 2.45) is 0 Å². The van der Waals surface area contributed by atoms with Gasteiger partial charge >= 0.3 is 12.2 Å². The van der Waals surface area contributed by atoms with E-state index >= 15 is 0 Å². The number of hydrogen-bond acceptors (Lipinski definition) is 4. The Morgan fingerprint density at radius 2 is 2.08 bits per heavy atom. The predicted octanol–water partition coefficient (Wildman–Crippen LogP) is 4.05. The summed E-state index contributed by atoms with van der Waals surface area (Å²) in [5.74, 6) is 0. The van der Waals surface area contributed by atoms with Crippen molar-refractivity contribution < 1.29 is 22.7 Å². The second-order valence-electron chi connectivity index (χ2n) is 5.99. The van der Waals surface area contributed by atoms with Crippen LogP contribution in [0.4, 0.5) is 23.1 Å². The maximum atomic E-state index is 12.8. The molecule has 2 amide bonds. The molecule has 1 saturated heterocycles. The molecule has 140 valence electrons. The number of carbonyl (C=O) groups is 1. The molecule has 0 radical (unpaired) electrons. The number of hydrogen-bond donors (Lipinski definition) is 2. The molecular formula is C17H18F3N3O2S. The van der Waals surface area contributed by atoms with Crippen LogP contribution in [0.3, 0.4) is 0 Å². The van der Waals surface area contributed by atoms with Gasteiger partial charge in [-0.05, 0) is 24.5 Å². The normalized spacial score (nSPS) is 15.7. The fourth-order valence-electron chi connectivity index (χ4n) is 2.67. The lowest BCUT2D eigenvalue weighted by atomic mass is 10.1. The van der Waals surface area contributed by atoms with Gasteiger partial charge in [0.1, 0.15) is 0 Å². The van der Waals surface area contributed by atoms with E-state index in [2.05, 4.69) is 15.6 Å². The number of carbonyl (C=O) groups excluding carboxylic acids is 1. The Balaban J connectivity index is 1.57. The SMILES string of the molecule is O=C(Nc1ncc(Cc2cccc(C(F)(F)F)c2)s1)NC1CCOCC1. The number of thiazole rings is 1. The van der Waals surface area contributed by atoms with Crippen molar-refractivity contribution in [3.8, 4) is 0 Å². The number of benzene rings is 1. The summed E-state index contributed by atoms with van der Waals surface area (Å²) in [5, 5.41) is 5.94. The summed E-state index contributed by atoms with van der Waals surface area (Å²) in [5.41, 5.74) is -0.129. The number of nitrogens with zero attached hydrogens (tertiary/aromatic N) is 1. The Kier molecular flexibility index (Phi) is 5.77. The molecule has 1 aromatic carbocycles. The summed E-state index contributed by atoms with van der Waals surface area (Å²) >= 11 is 1.24. The van der Waals surface area contributed by atoms with Gasteiger partial charge < -0.3 is 10.1 Å². The fourth-order valence-corrected chi connectivity index (χ4v) is 3.51. The fraction of sp³-hybridized carbons (Fsp3) is 0.412. The quantitative estimate of drug-likeness (QED) is 0.835. The molecule has 3 rings (SSSR count). The van der Waals surface area contributed by atoms with Gasteiger partial charge in [-0.15, -0.1) is 11.3 Å². The number of urea groups is 1. The molecule has 1 fully saturated rings. The highest BCUT2D eigenvalue weighted by Gasteiger charge is 2.30. The molecule has 0 aliphatic carbocycles. The number of alkyl halides is 3. The van der Waals surface area contributed by atoms with E-state index in [1.54, 1.807) is 12.3 Å². The van der Waals surface area contributed by atoms with Crippen LogP contribution in [0.25, 0.3) is 0 Å². The van der Waals surface area contributed by atoms with Crippen LogP contribution in [0.15, 0.2) is 30.5 Å². The lowest BCUT2D eigenvalue weighted by molar-refractivity contribution is -0.137. The van der Waals surface area contributed by atoms with Crippen molar-refractivity contribution in [1.29, 1.82) is 0 Å². The highest BCUT2D eigenvalue weighted by atomic mass is 32.1. The molecule has 2 N–H and O–H groups in total. The maximum absolute atomic E-state index is 12.8. The summed E-state index contributed by atoms with van der Waals surface area (Å²) < 4.78 is 43.6. The zero-order valence-electron chi connectivity index (χ0n) is 13.8. The number of amides is 2. The van der Waals surface area contributed by atoms with Gasteiger partial charge in [-0.3, -0.25) is 5.32 Å². The maximum Gasteiger partial charge on any atom is 0.416 e. The van der Waals surface area contributed by atoms with E-state index in [1.807, 2.05) is 0 Å². The Hall–Kier alpha value is -2.13. The molecule has 2 heterocycles. The first-order valence-corrected chi connectivity index (χ1v) is 8.98. The van der Waals surface area contributed by atoms with E-state index in [0.29, 0.717) is 30.3 Å². The van der Waals surface area contributed by atoms with Crippen LogP contribution >= 0.6 is 11.3 Å². The Labute approximate surface area is 152 Å². The minimum atomic E-state index is -4.36. The number of aromatic nitrogens is 1. The van der Waals surface area contributed by atoms with Gasteiger partial charge in [-0.25, -0.2) is 9.78 Å². The van der Waals surface area contributed by atoms with Gasteiger partial charge in [0.25, 0.3) is 0 Å². The molecule has 5 nitrogen and oxygen atoms in total. The number of halogens is 3. The van der Waals surface area contributed by atoms with Crippen LogP contribution < -0.4 is 10.6 Å². The molecule has 0 bridgehead atoms. The van der Waals surface area contributed by atoms with Crippen LogP contribution in [0.2, 0.25) is 0 Å². The van der Waals surface area contributed by atoms with Crippen LogP contribution in [-0.2, 0) is 17.3 Å². The first-order chi connectivity index (χ1) is 12.4. The zero-order valence-corrected chi connectivity index (χ0v) is 14.6. The molecule has 0 saturated carbocycles. The van der Waals surface area contributed by atoms with Crippen LogP contribution in [0.1, 0.15) is 28.8 Å². The van der Waals surface area contributed by atoms with Gasteiger partial charge in [0.05, 0.1) is 5.56 Å². The molecule has 0 unspecified atom stereocenters. The highest BCUT2D eigenvalue weighted by Crippen LogP contribution is 2.30. The molecule has 1 aliphatic rings. The standard InChI is InChI=1S/C17H18F3N3O2S/c18-17(19,20)12-3-1-2-11(8-12)9-14-10-21-16(26-14)23-15(24)22-13-4-6-25-7-5-13/h1-3,8,10,13H,4-7,9H2,(H2,21,22,23,24). The topological polar surface area (TPSA) is 63.2 Å². The highest BCUT2D eigenvalue weighted by molar-refractivity contribution is 7.15. The van der Waals surface area contributed by atoms with Crippen LogP contribution in [-0.4, -0.2) is 30.3 Å². The van der Waals surface area contributed by atoms with Gasteiger partial charge in [0.15, 0.2) is 5.13 Å². The second-order valence-corrected chi connectivity index (χ2v) is 7.11. The average molecular weight is 385 g/mol. The van der Waals surface area contributed by atoms with Gasteiger partial charge in [0, 0.05) is 36.8 Å². The third-order valence-electron chi connectivity index (χ3n) is 3.96. The smallest absolute Gasteiger partial charge is 0.381 e. The molecule has 1 aromatic heterocycles. The molecule has 0 atom stereocenters. The summed E-state index contributed by atoms with van der Waals surface area (Å²) in [4.78, 5) is 16.9. The second kappa shape index (κ2) is 8.05. The zero-order chi connectivity index (χ0) is 18.6. The van der Waals surface area contributed by atoms with E-state index in [1.165, 1.54) is 17.4 Å². The van der Waals surface area contributed by atoms with Crippen molar-refractivity contribution in [2.45, 2.75) is 31.5 Å². The van der Waals surface area contributed by atoms with Crippen molar-refractivity contribution in [1.82, 2.24) is 10.3 Å². The van der Waals surface area contributed by atoms with Gasteiger partial charge in [0.2, 0.25) is 0 Å². The summed E-state index contributed by atoms with van der Waals surface area (Å²) in [7, 11) is 0. The largest absolute Gasteiger partial charge is 0.416 e. The number of anilines is 1. The molecule has 9 heteroatoms. The Morgan fingerprint density at radius 1 is 1.31 bits per heavy atom. The van der Waals surface area contributed by atoms with Crippen molar-refractivity contribution in [3.63, 3.8) is 0 Å². The summed E-state index contributed by atoms with van der Waals surface area (Å²) in [6.07, 6.45) is -0.934. The lowest BCUT2D eigenvalue weighted by Gasteiger charge is -2.22. The minimum absolute atomic E-state index is 0.0771. The van der Waals surface area contributed by atoms with Crippen molar-refractivity contribution in [3.05, 3.63) is 46.5 Å². The van der Waals surface area contributed by atoms with Crippen molar-refractivity contribution >= 4 is 22.5 Å². The number of rotatable bonds is 4. The number of ether oxygens (including phenoxy) is 1. The van der Waals surface area contributed by atoms with Gasteiger partial charge in [-0.1, -0.05) is 18.2 Å². The Morgan fingerprint density at radius 3 is 2.81 bits per heavy atom. The molecule has 0 spiro atoms. The first kappa shape index (κ1) is 18.7. The third-order valence-corrected chi connectivity index (χ3v) is 4.88. The Bertz CT molecular complexity index is 758. The summed E-state index contributed by atoms with van der Waals surface area (Å²) in [6, 6.07) is 4.94. The monoisotopic (exact) mass is 385 g/mol. The van der Waals surface area contributed by atoms with E-state index < -0.39 is 11.7 Å². The molecular weight excluding hydrogens is 367 g/mol. The summed E-state index contributed by atoms with van der Waals surface area (Å²) in [6.45, 7) is 1.26. The lowest BCUT2D eigenvalue weighted by Crippen LogP contribution is -2.41.